The molecule has 0 bridgehead atoms. The van der Waals surface area contributed by atoms with Crippen LogP contribution in [-0.4, -0.2) is 39.2 Å². The van der Waals surface area contributed by atoms with Crippen molar-refractivity contribution < 1.29 is 13.2 Å². The molecule has 7 heteroatoms. The summed E-state index contributed by atoms with van der Waals surface area (Å²) in [4.78, 5) is 11.5. The maximum Gasteiger partial charge on any atom is 0.234 e. The lowest BCUT2D eigenvalue weighted by Gasteiger charge is -2.09. The Balaban J connectivity index is 2.50. The molecule has 1 amide bonds. The van der Waals surface area contributed by atoms with E-state index >= 15 is 0 Å². The zero-order chi connectivity index (χ0) is 15.9. The van der Waals surface area contributed by atoms with Crippen LogP contribution in [-0.2, 0) is 14.6 Å². The summed E-state index contributed by atoms with van der Waals surface area (Å²) >= 11 is 0. The molecule has 0 fully saturated rings. The van der Waals surface area contributed by atoms with Crippen molar-refractivity contribution in [2.45, 2.75) is 24.8 Å². The maximum absolute atomic E-state index is 12.1. The molecule has 0 aliphatic carbocycles. The number of rotatable bonds is 7. The molecular weight excluding hydrogens is 290 g/mol. The van der Waals surface area contributed by atoms with Crippen LogP contribution in [0.5, 0.6) is 0 Å². The van der Waals surface area contributed by atoms with Gasteiger partial charge in [-0.3, -0.25) is 4.79 Å². The van der Waals surface area contributed by atoms with Gasteiger partial charge in [0.25, 0.3) is 0 Å². The fraction of sp³-hybridized carbons (Fsp3) is 0.429. The second-order valence-electron chi connectivity index (χ2n) is 4.86. The Hall–Kier alpha value is -1.91. The van der Waals surface area contributed by atoms with Gasteiger partial charge < -0.3 is 10.6 Å². The third kappa shape index (κ3) is 5.94. The Morgan fingerprint density at radius 1 is 1.38 bits per heavy atom. The first-order chi connectivity index (χ1) is 9.85. The Morgan fingerprint density at radius 2 is 2.10 bits per heavy atom. The van der Waals surface area contributed by atoms with Gasteiger partial charge in [-0.1, -0.05) is 6.07 Å². The van der Waals surface area contributed by atoms with Gasteiger partial charge in [0.15, 0.2) is 9.84 Å². The zero-order valence-electron chi connectivity index (χ0n) is 12.1. The molecule has 1 aromatic rings. The molecule has 114 valence electrons. The van der Waals surface area contributed by atoms with E-state index in [1.54, 1.807) is 6.07 Å². The fourth-order valence-electron chi connectivity index (χ4n) is 1.66. The monoisotopic (exact) mass is 309 g/mol. The highest BCUT2D eigenvalue weighted by molar-refractivity contribution is 7.91. The number of nitrogens with one attached hydrogen (secondary N) is 2. The lowest BCUT2D eigenvalue weighted by atomic mass is 10.2. The van der Waals surface area contributed by atoms with Crippen LogP contribution in [0.3, 0.4) is 0 Å². The Morgan fingerprint density at radius 3 is 2.71 bits per heavy atom. The smallest absolute Gasteiger partial charge is 0.234 e. The van der Waals surface area contributed by atoms with Gasteiger partial charge in [-0.05, 0) is 32.0 Å². The lowest BCUT2D eigenvalue weighted by Crippen LogP contribution is -2.38. The number of amides is 1. The average Bonchev–Trinajstić information content (AvgIpc) is 2.43. The van der Waals surface area contributed by atoms with Crippen LogP contribution in [0.4, 0.5) is 0 Å². The molecule has 0 aromatic heterocycles. The van der Waals surface area contributed by atoms with Crippen LogP contribution in [0.15, 0.2) is 29.2 Å². The number of carbonyl (C=O) groups is 1. The summed E-state index contributed by atoms with van der Waals surface area (Å²) in [6.07, 6.45) is 0. The van der Waals surface area contributed by atoms with Crippen molar-refractivity contribution in [3.8, 4) is 6.07 Å². The summed E-state index contributed by atoms with van der Waals surface area (Å²) in [6, 6.07) is 7.85. The molecule has 0 unspecified atom stereocenters. The summed E-state index contributed by atoms with van der Waals surface area (Å²) in [5.74, 6) is -0.300. The first-order valence-electron chi connectivity index (χ1n) is 6.58. The van der Waals surface area contributed by atoms with E-state index in [0.717, 1.165) is 0 Å². The SMILES string of the molecule is CC(C)NC(=O)CNCCS(=O)(=O)c1cccc(C#N)c1. The number of hydrogen-bond acceptors (Lipinski definition) is 5. The normalized spacial score (nSPS) is 11.1. The summed E-state index contributed by atoms with van der Waals surface area (Å²) in [5.41, 5.74) is 0.306. The fourth-order valence-corrected chi connectivity index (χ4v) is 2.90. The van der Waals surface area contributed by atoms with E-state index in [4.69, 9.17) is 5.26 Å². The molecule has 0 saturated carbocycles. The van der Waals surface area contributed by atoms with Crippen molar-refractivity contribution in [1.82, 2.24) is 10.6 Å². The number of nitrogens with zero attached hydrogens (tertiary/aromatic N) is 1. The van der Waals surface area contributed by atoms with Gasteiger partial charge in [0.05, 0.1) is 28.8 Å². The molecule has 1 rings (SSSR count). The molecule has 0 saturated heterocycles. The van der Waals surface area contributed by atoms with Crippen molar-refractivity contribution in [2.24, 2.45) is 0 Å². The van der Waals surface area contributed by atoms with Crippen LogP contribution in [0.25, 0.3) is 0 Å². The number of hydrogen-bond donors (Lipinski definition) is 2. The summed E-state index contributed by atoms with van der Waals surface area (Å²) < 4.78 is 24.1. The topological polar surface area (TPSA) is 99.1 Å². The van der Waals surface area contributed by atoms with Gasteiger partial charge in [-0.15, -0.1) is 0 Å². The van der Waals surface area contributed by atoms with E-state index < -0.39 is 9.84 Å². The van der Waals surface area contributed by atoms with E-state index in [1.807, 2.05) is 19.9 Å². The Bertz CT molecular complexity index is 633. The number of nitriles is 1. The highest BCUT2D eigenvalue weighted by Crippen LogP contribution is 2.12. The van der Waals surface area contributed by atoms with Crippen molar-refractivity contribution in [3.63, 3.8) is 0 Å². The van der Waals surface area contributed by atoms with Crippen molar-refractivity contribution in [1.29, 1.82) is 5.26 Å². The predicted molar refractivity (Wildman–Crippen MR) is 79.4 cm³/mol. The average molecular weight is 309 g/mol. The zero-order valence-corrected chi connectivity index (χ0v) is 12.9. The van der Waals surface area contributed by atoms with E-state index in [0.29, 0.717) is 5.56 Å². The van der Waals surface area contributed by atoms with Crippen molar-refractivity contribution in [2.75, 3.05) is 18.8 Å². The summed E-state index contributed by atoms with van der Waals surface area (Å²) in [5, 5.41) is 14.3. The van der Waals surface area contributed by atoms with Gasteiger partial charge in [-0.2, -0.15) is 5.26 Å². The minimum Gasteiger partial charge on any atom is -0.353 e. The Kier molecular flexibility index (Phi) is 6.34. The minimum atomic E-state index is -3.46. The van der Waals surface area contributed by atoms with Crippen molar-refractivity contribution in [3.05, 3.63) is 29.8 Å². The maximum atomic E-state index is 12.1. The van der Waals surface area contributed by atoms with E-state index in [-0.39, 0.29) is 35.7 Å². The van der Waals surface area contributed by atoms with Crippen molar-refractivity contribution >= 4 is 15.7 Å². The first-order valence-corrected chi connectivity index (χ1v) is 8.23. The molecule has 2 N–H and O–H groups in total. The van der Waals surface area contributed by atoms with Crippen LogP contribution >= 0.6 is 0 Å². The summed E-state index contributed by atoms with van der Waals surface area (Å²) in [7, 11) is -3.46. The highest BCUT2D eigenvalue weighted by atomic mass is 32.2. The first kappa shape index (κ1) is 17.1. The lowest BCUT2D eigenvalue weighted by molar-refractivity contribution is -0.120. The molecule has 1 aromatic carbocycles. The van der Waals surface area contributed by atoms with Crippen LogP contribution < -0.4 is 10.6 Å². The highest BCUT2D eigenvalue weighted by Gasteiger charge is 2.14. The van der Waals surface area contributed by atoms with Crippen LogP contribution in [0.2, 0.25) is 0 Å². The van der Waals surface area contributed by atoms with E-state index in [2.05, 4.69) is 10.6 Å². The third-order valence-corrected chi connectivity index (χ3v) is 4.32. The molecule has 0 aliphatic heterocycles. The van der Waals surface area contributed by atoms with Crippen LogP contribution in [0.1, 0.15) is 19.4 Å². The van der Waals surface area contributed by atoms with Gasteiger partial charge >= 0.3 is 0 Å². The molecule has 0 aliphatic rings. The number of sulfone groups is 1. The number of carbonyl (C=O) groups excluding carboxylic acids is 1. The standard InChI is InChI=1S/C14H19N3O3S/c1-11(2)17-14(18)10-16-6-7-21(19,20)13-5-3-4-12(8-13)9-15/h3-5,8,11,16H,6-7,10H2,1-2H3,(H,17,18). The molecular formula is C14H19N3O3S. The molecule has 6 nitrogen and oxygen atoms in total. The molecule has 0 atom stereocenters. The van der Waals surface area contributed by atoms with Gasteiger partial charge in [0.1, 0.15) is 0 Å². The largest absolute Gasteiger partial charge is 0.353 e. The van der Waals surface area contributed by atoms with E-state index in [1.165, 1.54) is 18.2 Å². The third-order valence-electron chi connectivity index (χ3n) is 2.61. The van der Waals surface area contributed by atoms with Crippen LogP contribution in [0, 0.1) is 11.3 Å². The van der Waals surface area contributed by atoms with Gasteiger partial charge in [0.2, 0.25) is 5.91 Å². The molecule has 0 heterocycles. The second-order valence-corrected chi connectivity index (χ2v) is 6.97. The molecule has 0 radical (unpaired) electrons. The Labute approximate surface area is 125 Å². The minimum absolute atomic E-state index is 0.0526. The summed E-state index contributed by atoms with van der Waals surface area (Å²) in [6.45, 7) is 3.95. The van der Waals surface area contributed by atoms with E-state index in [9.17, 15) is 13.2 Å². The van der Waals surface area contributed by atoms with Gasteiger partial charge in [-0.25, -0.2) is 8.42 Å². The molecule has 0 spiro atoms. The molecule has 21 heavy (non-hydrogen) atoms. The predicted octanol–water partition coefficient (Wildman–Crippen LogP) is 0.446. The van der Waals surface area contributed by atoms with Gasteiger partial charge in [0, 0.05) is 12.6 Å². The number of benzene rings is 1. The second kappa shape index (κ2) is 7.76. The quantitative estimate of drug-likeness (QED) is 0.712.